The molecule has 2 aliphatic rings. The van der Waals surface area contributed by atoms with Crippen LogP contribution in [0.15, 0.2) is 78.9 Å². The maximum absolute atomic E-state index is 13.6. The van der Waals surface area contributed by atoms with Crippen LogP contribution in [0.3, 0.4) is 0 Å². The predicted octanol–water partition coefficient (Wildman–Crippen LogP) is 5.28. The maximum Gasteiger partial charge on any atom is 0.258 e. The van der Waals surface area contributed by atoms with Crippen LogP contribution < -0.4 is 9.80 Å². The molecule has 3 aromatic rings. The second-order valence-corrected chi connectivity index (χ2v) is 8.85. The number of amides is 2. The van der Waals surface area contributed by atoms with Gasteiger partial charge in [-0.3, -0.25) is 14.5 Å². The summed E-state index contributed by atoms with van der Waals surface area (Å²) in [5.41, 5.74) is 3.51. The first-order valence-corrected chi connectivity index (χ1v) is 10.9. The van der Waals surface area contributed by atoms with Gasteiger partial charge in [0.2, 0.25) is 5.91 Å². The van der Waals surface area contributed by atoms with Gasteiger partial charge in [0.15, 0.2) is 0 Å². The molecule has 3 aromatic carbocycles. The minimum absolute atomic E-state index is 0.0827. The summed E-state index contributed by atoms with van der Waals surface area (Å²) >= 11 is 6.76. The normalized spacial score (nSPS) is 24.7. The molecule has 0 aliphatic carbocycles. The van der Waals surface area contributed by atoms with Crippen molar-refractivity contribution in [1.82, 2.24) is 0 Å². The third-order valence-corrected chi connectivity index (χ3v) is 7.02. The molecule has 3 atom stereocenters. The predicted molar refractivity (Wildman–Crippen MR) is 124 cm³/mol. The van der Waals surface area contributed by atoms with Crippen molar-refractivity contribution in [1.29, 1.82) is 0 Å². The highest BCUT2D eigenvalue weighted by Crippen LogP contribution is 2.55. The number of benzene rings is 3. The van der Waals surface area contributed by atoms with Gasteiger partial charge >= 0.3 is 0 Å². The van der Waals surface area contributed by atoms with E-state index in [0.29, 0.717) is 12.0 Å². The van der Waals surface area contributed by atoms with Crippen LogP contribution in [0.1, 0.15) is 34.8 Å². The zero-order valence-corrected chi connectivity index (χ0v) is 18.2. The van der Waals surface area contributed by atoms with E-state index in [0.717, 1.165) is 22.5 Å². The molecule has 2 heterocycles. The summed E-state index contributed by atoms with van der Waals surface area (Å²) in [6, 6.07) is 24.9. The Balaban J connectivity index is 1.70. The number of halogens is 1. The Hall–Kier alpha value is -3.11. The van der Waals surface area contributed by atoms with Crippen molar-refractivity contribution in [3.8, 4) is 0 Å². The third kappa shape index (κ3) is 2.82. The lowest BCUT2D eigenvalue weighted by molar-refractivity contribution is -0.127. The van der Waals surface area contributed by atoms with Crippen molar-refractivity contribution in [2.75, 3.05) is 9.80 Å². The molecule has 0 saturated carbocycles. The molecule has 0 unspecified atom stereocenters. The van der Waals surface area contributed by atoms with Gasteiger partial charge in [-0.05, 0) is 50.1 Å². The fourth-order valence-electron chi connectivity index (χ4n) is 4.99. The van der Waals surface area contributed by atoms with Crippen LogP contribution in [0.25, 0.3) is 0 Å². The molecule has 0 radical (unpaired) electrons. The fraction of sp³-hybridized carbons (Fsp3) is 0.231. The summed E-state index contributed by atoms with van der Waals surface area (Å²) in [7, 11) is 0. The lowest BCUT2D eigenvalue weighted by Crippen LogP contribution is -2.71. The standard InChI is InChI=1S/C26H23ClN2O2/c1-17-12-14-20(15-13-17)26-16-18(2)28(24(30)19-8-4-3-5-9-19)21-10-6-7-11-22(21)29(26)25(31)23(26)27/h3-15,18,23H,16H2,1-2H3/t18-,23+,26+/m1/s1. The number of β-lactam (4-membered cyclic amide) rings is 1. The summed E-state index contributed by atoms with van der Waals surface area (Å²) in [5.74, 6) is -0.212. The van der Waals surface area contributed by atoms with E-state index in [4.69, 9.17) is 11.6 Å². The Labute approximate surface area is 187 Å². The summed E-state index contributed by atoms with van der Waals surface area (Å²) in [6.45, 7) is 4.07. The smallest absolute Gasteiger partial charge is 0.258 e. The van der Waals surface area contributed by atoms with Crippen LogP contribution in [0.5, 0.6) is 0 Å². The van der Waals surface area contributed by atoms with E-state index in [-0.39, 0.29) is 17.9 Å². The average molecular weight is 431 g/mol. The van der Waals surface area contributed by atoms with Crippen LogP contribution in [0, 0.1) is 6.92 Å². The van der Waals surface area contributed by atoms with Crippen molar-refractivity contribution in [2.24, 2.45) is 0 Å². The molecule has 0 aromatic heterocycles. The van der Waals surface area contributed by atoms with Gasteiger partial charge in [-0.15, -0.1) is 11.6 Å². The average Bonchev–Trinajstić information content (AvgIpc) is 2.90. The van der Waals surface area contributed by atoms with Crippen LogP contribution in [0.4, 0.5) is 11.4 Å². The minimum Gasteiger partial charge on any atom is -0.303 e. The van der Waals surface area contributed by atoms with Crippen LogP contribution in [-0.2, 0) is 10.3 Å². The zero-order valence-electron chi connectivity index (χ0n) is 17.5. The van der Waals surface area contributed by atoms with Crippen LogP contribution in [0.2, 0.25) is 0 Å². The van der Waals surface area contributed by atoms with Crippen molar-refractivity contribution < 1.29 is 9.59 Å². The highest BCUT2D eigenvalue weighted by atomic mass is 35.5. The number of anilines is 2. The summed E-state index contributed by atoms with van der Waals surface area (Å²) in [4.78, 5) is 30.3. The molecular weight excluding hydrogens is 408 g/mol. The number of fused-ring (bicyclic) bond motifs is 3. The summed E-state index contributed by atoms with van der Waals surface area (Å²) in [5, 5.41) is -0.683. The van der Waals surface area contributed by atoms with Crippen LogP contribution >= 0.6 is 11.6 Å². The summed E-state index contributed by atoms with van der Waals surface area (Å²) in [6.07, 6.45) is 0.545. The van der Waals surface area contributed by atoms with Gasteiger partial charge in [0.25, 0.3) is 5.91 Å². The number of rotatable bonds is 2. The second-order valence-electron chi connectivity index (χ2n) is 8.41. The number of hydrogen-bond acceptors (Lipinski definition) is 2. The van der Waals surface area contributed by atoms with E-state index in [1.807, 2.05) is 97.6 Å². The quantitative estimate of drug-likeness (QED) is 0.409. The largest absolute Gasteiger partial charge is 0.303 e. The molecule has 2 aliphatic heterocycles. The topological polar surface area (TPSA) is 40.6 Å². The first kappa shape index (κ1) is 19.8. The van der Waals surface area contributed by atoms with Gasteiger partial charge in [0.1, 0.15) is 10.9 Å². The van der Waals surface area contributed by atoms with Crippen molar-refractivity contribution in [3.05, 3.63) is 95.6 Å². The van der Waals surface area contributed by atoms with Gasteiger partial charge < -0.3 is 4.90 Å². The van der Waals surface area contributed by atoms with E-state index in [1.54, 1.807) is 4.90 Å². The van der Waals surface area contributed by atoms with Crippen LogP contribution in [-0.4, -0.2) is 23.2 Å². The number of alkyl halides is 1. The molecule has 1 saturated heterocycles. The third-order valence-electron chi connectivity index (χ3n) is 6.48. The van der Waals surface area contributed by atoms with Gasteiger partial charge in [0, 0.05) is 11.6 Å². The number of nitrogens with zero attached hydrogens (tertiary/aromatic N) is 2. The lowest BCUT2D eigenvalue weighted by atomic mass is 9.72. The first-order chi connectivity index (χ1) is 14.9. The number of hydrogen-bond donors (Lipinski definition) is 0. The monoisotopic (exact) mass is 430 g/mol. The second kappa shape index (κ2) is 7.24. The van der Waals surface area contributed by atoms with E-state index in [2.05, 4.69) is 0 Å². The van der Waals surface area contributed by atoms with Crippen molar-refractivity contribution >= 4 is 34.8 Å². The fourth-order valence-corrected chi connectivity index (χ4v) is 5.40. The lowest BCUT2D eigenvalue weighted by Gasteiger charge is -2.55. The van der Waals surface area contributed by atoms with Gasteiger partial charge in [-0.2, -0.15) is 0 Å². The van der Waals surface area contributed by atoms with E-state index >= 15 is 0 Å². The molecule has 2 amide bonds. The van der Waals surface area contributed by atoms with Gasteiger partial charge in [-0.25, -0.2) is 0 Å². The minimum atomic E-state index is -0.701. The maximum atomic E-state index is 13.6. The number of aryl methyl sites for hydroxylation is 1. The summed E-state index contributed by atoms with van der Waals surface area (Å²) < 4.78 is 0. The SMILES string of the molecule is Cc1ccc([C@]23C[C@@H](C)N(C(=O)c4ccccc4)c4ccccc4N2C(=O)[C@@H]3Cl)cc1. The molecule has 156 valence electrons. The number of para-hydroxylation sites is 2. The van der Waals surface area contributed by atoms with Crippen molar-refractivity contribution in [3.63, 3.8) is 0 Å². The number of carbonyl (C=O) groups is 2. The molecule has 5 heteroatoms. The Morgan fingerprint density at radius 2 is 1.55 bits per heavy atom. The molecule has 0 bridgehead atoms. The molecular formula is C26H23ClN2O2. The van der Waals surface area contributed by atoms with Gasteiger partial charge in [-0.1, -0.05) is 60.2 Å². The molecule has 4 nitrogen and oxygen atoms in total. The highest BCUT2D eigenvalue weighted by Gasteiger charge is 2.63. The molecule has 0 spiro atoms. The molecule has 5 rings (SSSR count). The Bertz CT molecular complexity index is 1160. The Morgan fingerprint density at radius 1 is 0.935 bits per heavy atom. The highest BCUT2D eigenvalue weighted by molar-refractivity contribution is 6.38. The van der Waals surface area contributed by atoms with Gasteiger partial charge in [0.05, 0.1) is 11.4 Å². The van der Waals surface area contributed by atoms with E-state index in [1.165, 1.54) is 0 Å². The number of carbonyl (C=O) groups excluding carboxylic acids is 2. The van der Waals surface area contributed by atoms with E-state index in [9.17, 15) is 9.59 Å². The molecule has 1 fully saturated rings. The Morgan fingerprint density at radius 3 is 2.23 bits per heavy atom. The Kier molecular flexibility index (Phi) is 4.63. The zero-order chi connectivity index (χ0) is 21.8. The first-order valence-electron chi connectivity index (χ1n) is 10.5. The van der Waals surface area contributed by atoms with Crippen molar-refractivity contribution in [2.45, 2.75) is 37.2 Å². The molecule has 0 N–H and O–H groups in total. The van der Waals surface area contributed by atoms with E-state index < -0.39 is 10.9 Å². The molecule has 31 heavy (non-hydrogen) atoms.